The number of likely N-dealkylation sites (N-methyl/N-ethyl adjacent to an activating group) is 1. The van der Waals surface area contributed by atoms with Crippen LogP contribution in [0.1, 0.15) is 33.3 Å². The zero-order valence-corrected chi connectivity index (χ0v) is 15.7. The number of hydrogen-bond donors (Lipinski definition) is 2. The number of nitrogens with one attached hydrogen (secondary N) is 2. The molecule has 6 nitrogen and oxygen atoms in total. The van der Waals surface area contributed by atoms with Crippen molar-refractivity contribution in [2.45, 2.75) is 39.8 Å². The van der Waals surface area contributed by atoms with E-state index in [9.17, 15) is 9.18 Å². The molecule has 0 saturated carbocycles. The van der Waals surface area contributed by atoms with E-state index in [2.05, 4.69) is 15.6 Å². The maximum absolute atomic E-state index is 13.6. The zero-order valence-electron chi connectivity index (χ0n) is 15.7. The van der Waals surface area contributed by atoms with Gasteiger partial charge >= 0.3 is 6.09 Å². The Bertz CT molecular complexity index is 585. The molecule has 7 heteroatoms. The van der Waals surface area contributed by atoms with Gasteiger partial charge in [0, 0.05) is 38.8 Å². The number of amides is 1. The van der Waals surface area contributed by atoms with Gasteiger partial charge in [-0.05, 0) is 33.8 Å². The topological polar surface area (TPSA) is 66.0 Å². The third kappa shape index (κ3) is 7.87. The average Bonchev–Trinajstić information content (AvgIpc) is 2.54. The third-order valence-corrected chi connectivity index (χ3v) is 3.34. The summed E-state index contributed by atoms with van der Waals surface area (Å²) in [5.74, 6) is 0.288. The van der Waals surface area contributed by atoms with Crippen LogP contribution in [-0.4, -0.2) is 49.2 Å². The van der Waals surface area contributed by atoms with Crippen LogP contribution >= 0.6 is 0 Å². The van der Waals surface area contributed by atoms with Crippen LogP contribution in [-0.2, 0) is 11.3 Å². The van der Waals surface area contributed by atoms with E-state index in [1.54, 1.807) is 30.1 Å². The largest absolute Gasteiger partial charge is 0.444 e. The summed E-state index contributed by atoms with van der Waals surface area (Å²) in [6.07, 6.45) is -0.342. The van der Waals surface area contributed by atoms with Crippen molar-refractivity contribution in [3.8, 4) is 0 Å². The molecule has 0 spiro atoms. The molecule has 0 saturated heterocycles. The Morgan fingerprint density at radius 3 is 2.52 bits per heavy atom. The van der Waals surface area contributed by atoms with Crippen molar-refractivity contribution < 1.29 is 13.9 Å². The van der Waals surface area contributed by atoms with Crippen molar-refractivity contribution in [1.29, 1.82) is 0 Å². The Morgan fingerprint density at radius 2 is 1.96 bits per heavy atom. The molecule has 1 rings (SSSR count). The molecule has 1 amide bonds. The summed E-state index contributed by atoms with van der Waals surface area (Å²) in [5.41, 5.74) is 0.0457. The van der Waals surface area contributed by atoms with Gasteiger partial charge in [0.05, 0.1) is 0 Å². The molecule has 1 aromatic rings. The lowest BCUT2D eigenvalue weighted by atomic mass is 10.2. The number of hydrogen-bond acceptors (Lipinski definition) is 3. The number of carbonyl (C=O) groups excluding carboxylic acids is 1. The lowest BCUT2D eigenvalue weighted by molar-refractivity contribution is 0.0264. The van der Waals surface area contributed by atoms with E-state index in [1.165, 1.54) is 6.07 Å². The number of guanidine groups is 1. The monoisotopic (exact) mass is 352 g/mol. The predicted molar refractivity (Wildman–Crippen MR) is 98.1 cm³/mol. The summed E-state index contributed by atoms with van der Waals surface area (Å²) in [5, 5.41) is 6.16. The quantitative estimate of drug-likeness (QED) is 0.610. The number of carbonyl (C=O) groups is 1. The summed E-state index contributed by atoms with van der Waals surface area (Å²) < 4.78 is 19.0. The maximum Gasteiger partial charge on any atom is 0.410 e. The Labute approximate surface area is 149 Å². The fraction of sp³-hybridized carbons (Fsp3) is 0.556. The molecule has 2 N–H and O–H groups in total. The minimum absolute atomic E-state index is 0.257. The van der Waals surface area contributed by atoms with Gasteiger partial charge in [-0.2, -0.15) is 0 Å². The fourth-order valence-electron chi connectivity index (χ4n) is 2.06. The van der Waals surface area contributed by atoms with E-state index < -0.39 is 5.60 Å². The van der Waals surface area contributed by atoms with Gasteiger partial charge in [-0.25, -0.2) is 9.18 Å². The normalized spacial score (nSPS) is 11.8. The van der Waals surface area contributed by atoms with Crippen molar-refractivity contribution in [3.63, 3.8) is 0 Å². The number of nitrogens with zero attached hydrogens (tertiary/aromatic N) is 2. The highest BCUT2D eigenvalue weighted by atomic mass is 19.1. The number of ether oxygens (including phenoxy) is 1. The van der Waals surface area contributed by atoms with E-state index in [0.29, 0.717) is 37.7 Å². The van der Waals surface area contributed by atoms with Crippen LogP contribution in [0.2, 0.25) is 0 Å². The molecular formula is C18H29FN4O2. The van der Waals surface area contributed by atoms with Crippen LogP contribution in [0.4, 0.5) is 9.18 Å². The van der Waals surface area contributed by atoms with Crippen LogP contribution in [0, 0.1) is 5.82 Å². The first kappa shape index (κ1) is 20.7. The van der Waals surface area contributed by atoms with E-state index in [4.69, 9.17) is 4.74 Å². The van der Waals surface area contributed by atoms with Gasteiger partial charge in [-0.1, -0.05) is 18.2 Å². The van der Waals surface area contributed by atoms with Crippen LogP contribution in [0.15, 0.2) is 29.3 Å². The van der Waals surface area contributed by atoms with E-state index >= 15 is 0 Å². The van der Waals surface area contributed by atoms with Gasteiger partial charge in [-0.15, -0.1) is 0 Å². The van der Waals surface area contributed by atoms with E-state index in [0.717, 1.165) is 0 Å². The van der Waals surface area contributed by atoms with Crippen molar-refractivity contribution in [1.82, 2.24) is 15.5 Å². The minimum Gasteiger partial charge on any atom is -0.444 e. The van der Waals surface area contributed by atoms with E-state index in [1.807, 2.05) is 27.7 Å². The van der Waals surface area contributed by atoms with Gasteiger partial charge < -0.3 is 20.3 Å². The molecular weight excluding hydrogens is 323 g/mol. The van der Waals surface area contributed by atoms with E-state index in [-0.39, 0.29) is 11.9 Å². The number of aliphatic imine (C=N–C) groups is 1. The summed E-state index contributed by atoms with van der Waals surface area (Å²) in [7, 11) is 1.64. The SMILES string of the molecule is CCN(CCNC(=NC)NCc1ccccc1F)C(=O)OC(C)(C)C. The van der Waals surface area contributed by atoms with Crippen LogP contribution < -0.4 is 10.6 Å². The second kappa shape index (κ2) is 9.86. The van der Waals surface area contributed by atoms with Crippen LogP contribution in [0.5, 0.6) is 0 Å². The Hall–Kier alpha value is -2.31. The van der Waals surface area contributed by atoms with Crippen molar-refractivity contribution in [2.75, 3.05) is 26.7 Å². The molecule has 25 heavy (non-hydrogen) atoms. The smallest absolute Gasteiger partial charge is 0.410 e. The Morgan fingerprint density at radius 1 is 1.28 bits per heavy atom. The van der Waals surface area contributed by atoms with Gasteiger partial charge in [-0.3, -0.25) is 4.99 Å². The molecule has 0 aliphatic carbocycles. The minimum atomic E-state index is -0.519. The zero-order chi connectivity index (χ0) is 18.9. The van der Waals surface area contributed by atoms with Crippen molar-refractivity contribution >= 4 is 12.1 Å². The fourth-order valence-corrected chi connectivity index (χ4v) is 2.06. The molecule has 0 heterocycles. The first-order valence-corrected chi connectivity index (χ1v) is 8.42. The Kier molecular flexibility index (Phi) is 8.18. The van der Waals surface area contributed by atoms with Gasteiger partial charge in [0.25, 0.3) is 0 Å². The number of rotatable bonds is 6. The predicted octanol–water partition coefficient (Wildman–Crippen LogP) is 2.75. The molecule has 1 aromatic carbocycles. The highest BCUT2D eigenvalue weighted by molar-refractivity contribution is 5.79. The first-order chi connectivity index (χ1) is 11.8. The molecule has 0 aliphatic rings. The first-order valence-electron chi connectivity index (χ1n) is 8.42. The second-order valence-corrected chi connectivity index (χ2v) is 6.50. The van der Waals surface area contributed by atoms with Gasteiger partial charge in [0.2, 0.25) is 0 Å². The average molecular weight is 352 g/mol. The molecule has 0 unspecified atom stereocenters. The molecule has 0 fully saturated rings. The standard InChI is InChI=1S/C18H29FN4O2/c1-6-23(17(24)25-18(2,3)4)12-11-21-16(20-5)22-13-14-9-7-8-10-15(14)19/h7-10H,6,11-13H2,1-5H3,(H2,20,21,22). The summed E-state index contributed by atoms with van der Waals surface area (Å²) >= 11 is 0. The van der Waals surface area contributed by atoms with Crippen LogP contribution in [0.25, 0.3) is 0 Å². The molecule has 0 aromatic heterocycles. The summed E-state index contributed by atoms with van der Waals surface area (Å²) in [6, 6.07) is 6.59. The second-order valence-electron chi connectivity index (χ2n) is 6.50. The number of benzene rings is 1. The van der Waals surface area contributed by atoms with Crippen LogP contribution in [0.3, 0.4) is 0 Å². The highest BCUT2D eigenvalue weighted by Gasteiger charge is 2.20. The molecule has 0 bridgehead atoms. The van der Waals surface area contributed by atoms with Crippen molar-refractivity contribution in [2.24, 2.45) is 4.99 Å². The summed E-state index contributed by atoms with van der Waals surface area (Å²) in [4.78, 5) is 17.8. The van der Waals surface area contributed by atoms with Gasteiger partial charge in [0.15, 0.2) is 5.96 Å². The Balaban J connectivity index is 2.43. The highest BCUT2D eigenvalue weighted by Crippen LogP contribution is 2.09. The maximum atomic E-state index is 13.6. The van der Waals surface area contributed by atoms with Gasteiger partial charge in [0.1, 0.15) is 11.4 Å². The molecule has 140 valence electrons. The lowest BCUT2D eigenvalue weighted by Crippen LogP contribution is -2.44. The van der Waals surface area contributed by atoms with Crippen molar-refractivity contribution in [3.05, 3.63) is 35.6 Å². The summed E-state index contributed by atoms with van der Waals surface area (Å²) in [6.45, 7) is 9.28. The molecule has 0 aliphatic heterocycles. The number of halogens is 1. The molecule has 0 radical (unpaired) electrons. The molecule has 0 atom stereocenters. The third-order valence-electron chi connectivity index (χ3n) is 3.34. The lowest BCUT2D eigenvalue weighted by Gasteiger charge is -2.26.